The molecule has 0 atom stereocenters. The molecule has 1 aromatic carbocycles. The van der Waals surface area contributed by atoms with Crippen LogP contribution in [0.5, 0.6) is 0 Å². The molecular weight excluding hydrogens is 238 g/mol. The van der Waals surface area contributed by atoms with Crippen molar-refractivity contribution >= 4 is 5.82 Å². The van der Waals surface area contributed by atoms with Crippen molar-refractivity contribution in [2.75, 3.05) is 5.73 Å². The predicted molar refractivity (Wildman–Crippen MR) is 53.4 cm³/mol. The fraction of sp³-hybridized carbons (Fsp3) is 0.100. The molecule has 1 aromatic heterocycles. The monoisotopic (exact) mass is 245 g/mol. The van der Waals surface area contributed by atoms with E-state index >= 15 is 0 Å². The number of alkyl halides is 3. The molecule has 3 nitrogen and oxygen atoms in total. The number of nitrogens with zero attached hydrogens (tertiary/aromatic N) is 1. The quantitative estimate of drug-likeness (QED) is 0.759. The maximum atomic E-state index is 12.9. The van der Waals surface area contributed by atoms with E-state index in [0.29, 0.717) is 6.07 Å². The van der Waals surface area contributed by atoms with Gasteiger partial charge in [-0.05, 0) is 17.7 Å². The van der Waals surface area contributed by atoms with Gasteiger partial charge in [0.05, 0.1) is 11.8 Å². The lowest BCUT2D eigenvalue weighted by atomic mass is 10.0. The lowest BCUT2D eigenvalue weighted by molar-refractivity contribution is -0.137. The highest BCUT2D eigenvalue weighted by atomic mass is 19.4. The van der Waals surface area contributed by atoms with Gasteiger partial charge in [-0.3, -0.25) is 5.10 Å². The van der Waals surface area contributed by atoms with E-state index < -0.39 is 17.6 Å². The van der Waals surface area contributed by atoms with E-state index in [2.05, 4.69) is 10.2 Å². The SMILES string of the molecule is Nc1[nH]ncc1-c1ccc(F)cc1C(F)(F)F. The molecule has 0 amide bonds. The number of benzene rings is 1. The summed E-state index contributed by atoms with van der Waals surface area (Å²) < 4.78 is 51.0. The van der Waals surface area contributed by atoms with Crippen LogP contribution in [-0.4, -0.2) is 10.2 Å². The van der Waals surface area contributed by atoms with Crippen LogP contribution in [0.15, 0.2) is 24.4 Å². The van der Waals surface area contributed by atoms with Gasteiger partial charge in [-0.2, -0.15) is 18.3 Å². The first-order chi connectivity index (χ1) is 7.89. The summed E-state index contributed by atoms with van der Waals surface area (Å²) >= 11 is 0. The third-order valence-corrected chi connectivity index (χ3v) is 2.25. The second-order valence-corrected chi connectivity index (χ2v) is 3.39. The van der Waals surface area contributed by atoms with Gasteiger partial charge in [0.2, 0.25) is 0 Å². The molecule has 0 aliphatic rings. The van der Waals surface area contributed by atoms with Crippen molar-refractivity contribution in [3.8, 4) is 11.1 Å². The zero-order valence-corrected chi connectivity index (χ0v) is 8.35. The second kappa shape index (κ2) is 3.76. The van der Waals surface area contributed by atoms with E-state index in [1.54, 1.807) is 0 Å². The number of hydrogen-bond donors (Lipinski definition) is 2. The average Bonchev–Trinajstić information content (AvgIpc) is 2.63. The summed E-state index contributed by atoms with van der Waals surface area (Å²) in [5, 5.41) is 5.86. The average molecular weight is 245 g/mol. The number of H-pyrrole nitrogens is 1. The summed E-state index contributed by atoms with van der Waals surface area (Å²) in [6.45, 7) is 0. The number of nitrogens with two attached hydrogens (primary N) is 1. The minimum absolute atomic E-state index is 0.00195. The minimum atomic E-state index is -4.65. The van der Waals surface area contributed by atoms with Gasteiger partial charge in [-0.25, -0.2) is 4.39 Å². The van der Waals surface area contributed by atoms with Gasteiger partial charge in [-0.1, -0.05) is 6.07 Å². The highest BCUT2D eigenvalue weighted by Gasteiger charge is 2.34. The van der Waals surface area contributed by atoms with Gasteiger partial charge in [0.1, 0.15) is 11.6 Å². The van der Waals surface area contributed by atoms with Crippen LogP contribution in [0.3, 0.4) is 0 Å². The molecular formula is C10H7F4N3. The fourth-order valence-corrected chi connectivity index (χ4v) is 1.50. The Bertz CT molecular complexity index is 545. The number of nitrogen functional groups attached to an aromatic ring is 1. The predicted octanol–water partition coefficient (Wildman–Crippen LogP) is 2.82. The van der Waals surface area contributed by atoms with Crippen molar-refractivity contribution in [1.29, 1.82) is 0 Å². The zero-order valence-electron chi connectivity index (χ0n) is 8.35. The third kappa shape index (κ3) is 2.08. The van der Waals surface area contributed by atoms with Crippen molar-refractivity contribution in [3.05, 3.63) is 35.8 Å². The molecule has 0 aliphatic heterocycles. The molecule has 0 bridgehead atoms. The summed E-state index contributed by atoms with van der Waals surface area (Å²) in [7, 11) is 0. The summed E-state index contributed by atoms with van der Waals surface area (Å²) in [4.78, 5) is 0. The van der Waals surface area contributed by atoms with E-state index in [0.717, 1.165) is 18.3 Å². The molecule has 0 spiro atoms. The van der Waals surface area contributed by atoms with E-state index in [4.69, 9.17) is 5.73 Å². The highest BCUT2D eigenvalue weighted by Crippen LogP contribution is 2.38. The molecule has 0 fully saturated rings. The Morgan fingerprint density at radius 2 is 1.88 bits per heavy atom. The molecule has 1 heterocycles. The van der Waals surface area contributed by atoms with Crippen molar-refractivity contribution in [1.82, 2.24) is 10.2 Å². The lowest BCUT2D eigenvalue weighted by Gasteiger charge is -2.12. The van der Waals surface area contributed by atoms with Gasteiger partial charge in [0.15, 0.2) is 0 Å². The van der Waals surface area contributed by atoms with Crippen LogP contribution in [0.25, 0.3) is 11.1 Å². The maximum absolute atomic E-state index is 12.9. The molecule has 17 heavy (non-hydrogen) atoms. The van der Waals surface area contributed by atoms with Crippen molar-refractivity contribution in [2.24, 2.45) is 0 Å². The van der Waals surface area contributed by atoms with Gasteiger partial charge in [0.25, 0.3) is 0 Å². The van der Waals surface area contributed by atoms with Gasteiger partial charge in [0, 0.05) is 5.56 Å². The first kappa shape index (κ1) is 11.4. The molecule has 90 valence electrons. The number of rotatable bonds is 1. The van der Waals surface area contributed by atoms with E-state index in [1.807, 2.05) is 0 Å². The van der Waals surface area contributed by atoms with Crippen LogP contribution < -0.4 is 5.73 Å². The topological polar surface area (TPSA) is 54.7 Å². The number of aromatic amines is 1. The number of anilines is 1. The summed E-state index contributed by atoms with van der Waals surface area (Å²) in [5.41, 5.74) is 4.26. The lowest BCUT2D eigenvalue weighted by Crippen LogP contribution is -2.08. The largest absolute Gasteiger partial charge is 0.417 e. The van der Waals surface area contributed by atoms with Crippen LogP contribution in [-0.2, 0) is 6.18 Å². The van der Waals surface area contributed by atoms with E-state index in [1.165, 1.54) is 0 Å². The van der Waals surface area contributed by atoms with Gasteiger partial charge >= 0.3 is 6.18 Å². The Morgan fingerprint density at radius 1 is 1.18 bits per heavy atom. The van der Waals surface area contributed by atoms with Crippen LogP contribution >= 0.6 is 0 Å². The van der Waals surface area contributed by atoms with Crippen molar-refractivity contribution in [2.45, 2.75) is 6.18 Å². The van der Waals surface area contributed by atoms with Crippen LogP contribution in [0, 0.1) is 5.82 Å². The number of nitrogens with one attached hydrogen (secondary N) is 1. The van der Waals surface area contributed by atoms with Gasteiger partial charge < -0.3 is 5.73 Å². The molecule has 0 saturated carbocycles. The van der Waals surface area contributed by atoms with Gasteiger partial charge in [-0.15, -0.1) is 0 Å². The first-order valence-electron chi connectivity index (χ1n) is 4.55. The maximum Gasteiger partial charge on any atom is 0.417 e. The second-order valence-electron chi connectivity index (χ2n) is 3.39. The smallest absolute Gasteiger partial charge is 0.384 e. The molecule has 0 unspecified atom stereocenters. The number of aromatic nitrogens is 2. The number of halogens is 4. The first-order valence-corrected chi connectivity index (χ1v) is 4.55. The zero-order chi connectivity index (χ0) is 12.6. The highest BCUT2D eigenvalue weighted by molar-refractivity contribution is 5.76. The van der Waals surface area contributed by atoms with Crippen LogP contribution in [0.4, 0.5) is 23.4 Å². The number of hydrogen-bond acceptors (Lipinski definition) is 2. The van der Waals surface area contributed by atoms with E-state index in [-0.39, 0.29) is 16.9 Å². The van der Waals surface area contributed by atoms with Crippen LogP contribution in [0.2, 0.25) is 0 Å². The molecule has 2 aromatic rings. The molecule has 0 radical (unpaired) electrons. The van der Waals surface area contributed by atoms with E-state index in [9.17, 15) is 17.6 Å². The summed E-state index contributed by atoms with van der Waals surface area (Å²) in [6, 6.07) is 2.40. The summed E-state index contributed by atoms with van der Waals surface area (Å²) in [5.74, 6) is -0.953. The summed E-state index contributed by atoms with van der Waals surface area (Å²) in [6.07, 6.45) is -3.49. The van der Waals surface area contributed by atoms with Crippen LogP contribution in [0.1, 0.15) is 5.56 Å². The molecule has 2 rings (SSSR count). The van der Waals surface area contributed by atoms with Crippen molar-refractivity contribution in [3.63, 3.8) is 0 Å². The fourth-order valence-electron chi connectivity index (χ4n) is 1.50. The Balaban J connectivity index is 2.67. The normalized spacial score (nSPS) is 11.8. The van der Waals surface area contributed by atoms with Crippen molar-refractivity contribution < 1.29 is 17.6 Å². The Hall–Kier alpha value is -2.05. The third-order valence-electron chi connectivity index (χ3n) is 2.25. The molecule has 0 saturated heterocycles. The Labute approximate surface area is 93.3 Å². The molecule has 3 N–H and O–H groups in total. The minimum Gasteiger partial charge on any atom is -0.384 e. The Morgan fingerprint density at radius 3 is 2.41 bits per heavy atom. The molecule has 7 heteroatoms. The Kier molecular flexibility index (Phi) is 2.53. The standard InChI is InChI=1S/C10H7F4N3/c11-5-1-2-6(7-4-16-17-9(7)15)8(3-5)10(12,13)14/h1-4H,(H3,15,16,17). The molecule has 0 aliphatic carbocycles.